The molecule has 2 atom stereocenters. The van der Waals surface area contributed by atoms with Crippen molar-refractivity contribution in [2.75, 3.05) is 7.05 Å². The van der Waals surface area contributed by atoms with Crippen LogP contribution in [0, 0.1) is 0 Å². The van der Waals surface area contributed by atoms with E-state index in [1.807, 2.05) is 37.3 Å². The first-order valence-electron chi connectivity index (χ1n) is 7.43. The summed E-state index contributed by atoms with van der Waals surface area (Å²) in [7, 11) is -2.09. The smallest absolute Gasteiger partial charge is 0.304 e. The van der Waals surface area contributed by atoms with E-state index >= 15 is 0 Å². The monoisotopic (exact) mass is 364 g/mol. The first-order valence-corrected chi connectivity index (χ1v) is 9.25. The Morgan fingerprint density at radius 3 is 2.33 bits per heavy atom. The van der Waals surface area contributed by atoms with Gasteiger partial charge in [0.05, 0.1) is 10.9 Å². The van der Waals surface area contributed by atoms with Gasteiger partial charge in [-0.2, -0.15) is 8.42 Å². The predicted octanol–water partition coefficient (Wildman–Crippen LogP) is 3.48. The summed E-state index contributed by atoms with van der Waals surface area (Å²) in [6.45, 7) is 1.97. The molecule has 1 heterocycles. The zero-order valence-electron chi connectivity index (χ0n) is 13.3. The van der Waals surface area contributed by atoms with Crippen LogP contribution >= 0.6 is 11.6 Å². The van der Waals surface area contributed by atoms with Crippen LogP contribution < -0.4 is 0 Å². The second-order valence-corrected chi connectivity index (χ2v) is 7.64. The lowest BCUT2D eigenvalue weighted by Crippen LogP contribution is -2.28. The predicted molar refractivity (Wildman–Crippen MR) is 93.6 cm³/mol. The van der Waals surface area contributed by atoms with Crippen molar-refractivity contribution in [3.63, 3.8) is 0 Å². The molecule has 24 heavy (non-hydrogen) atoms. The Morgan fingerprint density at radius 2 is 1.71 bits per heavy atom. The molecule has 126 valence electrons. The van der Waals surface area contributed by atoms with Crippen LogP contribution in [0.15, 0.2) is 63.9 Å². The molecule has 0 N–H and O–H groups in total. The van der Waals surface area contributed by atoms with E-state index in [-0.39, 0.29) is 23.1 Å². The van der Waals surface area contributed by atoms with E-state index in [0.717, 1.165) is 5.56 Å². The maximum Gasteiger partial charge on any atom is 0.304 e. The van der Waals surface area contributed by atoms with Gasteiger partial charge in [0.15, 0.2) is 0 Å². The van der Waals surface area contributed by atoms with Gasteiger partial charge in [-0.25, -0.2) is 0 Å². The van der Waals surface area contributed by atoms with Gasteiger partial charge in [-0.05, 0) is 36.8 Å². The normalized spacial score (nSPS) is 22.6. The van der Waals surface area contributed by atoms with Crippen LogP contribution in [0.4, 0.5) is 0 Å². The minimum Gasteiger partial charge on any atom is -0.454 e. The number of benzene rings is 2. The molecule has 1 saturated heterocycles. The number of likely N-dealkylation sites (N-methyl/N-ethyl adjacent to an activating group) is 1. The summed E-state index contributed by atoms with van der Waals surface area (Å²) in [4.78, 5) is 1.80. The molecule has 0 bridgehead atoms. The summed E-state index contributed by atoms with van der Waals surface area (Å²) in [5.41, 5.74) is 0.978. The Labute approximate surface area is 146 Å². The first kappa shape index (κ1) is 16.8. The second-order valence-electron chi connectivity index (χ2n) is 5.60. The van der Waals surface area contributed by atoms with Gasteiger partial charge < -0.3 is 9.64 Å². The number of hydrogen-bond acceptors (Lipinski definition) is 3. The maximum atomic E-state index is 12.5. The van der Waals surface area contributed by atoms with Crippen LogP contribution in [-0.4, -0.2) is 32.4 Å². The molecule has 0 radical (unpaired) electrons. The molecule has 0 unspecified atom stereocenters. The third-order valence-electron chi connectivity index (χ3n) is 4.02. The van der Waals surface area contributed by atoms with Crippen molar-refractivity contribution < 1.29 is 13.2 Å². The summed E-state index contributed by atoms with van der Waals surface area (Å²) in [5.74, 6) is 0. The standard InChI is InChI=1S/C17H17ClN2O3S/c1-12-16(13-6-4-3-5-7-13)23-17(20(12)2)19-24(21,22)15-10-8-14(18)9-11-15/h3-12,16H,1-2H3/t12-,16-/m0/s1. The van der Waals surface area contributed by atoms with Crippen molar-refractivity contribution in [1.82, 2.24) is 4.90 Å². The van der Waals surface area contributed by atoms with E-state index in [4.69, 9.17) is 16.3 Å². The molecular weight excluding hydrogens is 348 g/mol. The summed E-state index contributed by atoms with van der Waals surface area (Å²) in [5, 5.41) is 0.466. The van der Waals surface area contributed by atoms with E-state index < -0.39 is 10.0 Å². The molecule has 0 saturated carbocycles. The molecule has 0 spiro atoms. The molecule has 7 heteroatoms. The van der Waals surface area contributed by atoms with Gasteiger partial charge in [0.25, 0.3) is 10.0 Å². The third kappa shape index (κ3) is 3.25. The Balaban J connectivity index is 1.91. The van der Waals surface area contributed by atoms with Crippen LogP contribution in [0.5, 0.6) is 0 Å². The molecule has 2 aromatic carbocycles. The Hall–Kier alpha value is -2.05. The van der Waals surface area contributed by atoms with E-state index in [9.17, 15) is 8.42 Å². The zero-order valence-corrected chi connectivity index (χ0v) is 14.8. The van der Waals surface area contributed by atoms with Crippen molar-refractivity contribution in [2.24, 2.45) is 4.40 Å². The van der Waals surface area contributed by atoms with Gasteiger partial charge in [-0.1, -0.05) is 41.9 Å². The lowest BCUT2D eigenvalue weighted by Gasteiger charge is -2.17. The quantitative estimate of drug-likeness (QED) is 0.836. The van der Waals surface area contributed by atoms with Crippen molar-refractivity contribution >= 4 is 27.6 Å². The van der Waals surface area contributed by atoms with E-state index in [2.05, 4.69) is 4.40 Å². The van der Waals surface area contributed by atoms with Crippen LogP contribution in [-0.2, 0) is 14.8 Å². The fourth-order valence-electron chi connectivity index (χ4n) is 2.51. The van der Waals surface area contributed by atoms with Crippen LogP contribution in [0.1, 0.15) is 18.6 Å². The summed E-state index contributed by atoms with van der Waals surface area (Å²) < 4.78 is 34.6. The average molecular weight is 365 g/mol. The number of hydrogen-bond donors (Lipinski definition) is 0. The number of nitrogens with zero attached hydrogens (tertiary/aromatic N) is 2. The SMILES string of the molecule is C[C@H]1[C@@H](c2ccccc2)OC(=NS(=O)(=O)c2ccc(Cl)cc2)N1C. The lowest BCUT2D eigenvalue weighted by molar-refractivity contribution is 0.203. The number of amidine groups is 1. The molecule has 3 rings (SSSR count). The Kier molecular flexibility index (Phi) is 4.51. The van der Waals surface area contributed by atoms with Gasteiger partial charge in [0.1, 0.15) is 6.10 Å². The highest BCUT2D eigenvalue weighted by Crippen LogP contribution is 2.32. The summed E-state index contributed by atoms with van der Waals surface area (Å²) >= 11 is 5.80. The molecule has 1 aliphatic rings. The summed E-state index contributed by atoms with van der Waals surface area (Å²) in [6, 6.07) is 15.6. The van der Waals surface area contributed by atoms with Crippen molar-refractivity contribution in [3.05, 3.63) is 65.2 Å². The molecule has 0 aromatic heterocycles. The highest BCUT2D eigenvalue weighted by atomic mass is 35.5. The lowest BCUT2D eigenvalue weighted by atomic mass is 10.0. The van der Waals surface area contributed by atoms with Crippen LogP contribution in [0.3, 0.4) is 0 Å². The Bertz CT molecular complexity index is 851. The fraction of sp³-hybridized carbons (Fsp3) is 0.235. The van der Waals surface area contributed by atoms with Crippen molar-refractivity contribution in [3.8, 4) is 0 Å². The van der Waals surface area contributed by atoms with Gasteiger partial charge in [-0.3, -0.25) is 0 Å². The molecule has 1 aliphatic heterocycles. The summed E-state index contributed by atoms with van der Waals surface area (Å²) in [6.07, 6.45) is -0.268. The number of halogens is 1. The second kappa shape index (κ2) is 6.45. The van der Waals surface area contributed by atoms with Gasteiger partial charge in [0, 0.05) is 12.1 Å². The average Bonchev–Trinajstić information content (AvgIpc) is 2.84. The van der Waals surface area contributed by atoms with Gasteiger partial charge >= 0.3 is 6.02 Å². The largest absolute Gasteiger partial charge is 0.454 e. The molecule has 5 nitrogen and oxygen atoms in total. The number of rotatable bonds is 3. The van der Waals surface area contributed by atoms with Crippen LogP contribution in [0.2, 0.25) is 5.02 Å². The highest BCUT2D eigenvalue weighted by Gasteiger charge is 2.37. The van der Waals surface area contributed by atoms with E-state index in [1.54, 1.807) is 11.9 Å². The fourth-order valence-corrected chi connectivity index (χ4v) is 3.60. The van der Waals surface area contributed by atoms with E-state index in [1.165, 1.54) is 24.3 Å². The maximum absolute atomic E-state index is 12.5. The van der Waals surface area contributed by atoms with Crippen LogP contribution in [0.25, 0.3) is 0 Å². The van der Waals surface area contributed by atoms with Crippen molar-refractivity contribution in [1.29, 1.82) is 0 Å². The first-order chi connectivity index (χ1) is 11.4. The topological polar surface area (TPSA) is 59.0 Å². The Morgan fingerprint density at radius 1 is 1.08 bits per heavy atom. The highest BCUT2D eigenvalue weighted by molar-refractivity contribution is 7.90. The minimum atomic E-state index is -3.86. The molecule has 2 aromatic rings. The molecule has 1 fully saturated rings. The van der Waals surface area contributed by atoms with Gasteiger partial charge in [-0.15, -0.1) is 4.40 Å². The number of sulfonamides is 1. The zero-order chi connectivity index (χ0) is 17.3. The minimum absolute atomic E-state index is 0.0356. The molecule has 0 amide bonds. The van der Waals surface area contributed by atoms with Gasteiger partial charge in [0.2, 0.25) is 0 Å². The third-order valence-corrected chi connectivity index (χ3v) is 5.54. The number of ether oxygens (including phenoxy) is 1. The van der Waals surface area contributed by atoms with Crippen molar-refractivity contribution in [2.45, 2.75) is 24.0 Å². The molecule has 0 aliphatic carbocycles. The van der Waals surface area contributed by atoms with E-state index in [0.29, 0.717) is 5.02 Å². The molecular formula is C17H17ClN2O3S.